The molecule has 0 aliphatic heterocycles. The number of hydrogen-bond acceptors (Lipinski definition) is 4. The summed E-state index contributed by atoms with van der Waals surface area (Å²) in [6.45, 7) is 6.23. The molecule has 0 fully saturated rings. The van der Waals surface area contributed by atoms with Crippen LogP contribution in [0.3, 0.4) is 0 Å². The van der Waals surface area contributed by atoms with Crippen molar-refractivity contribution < 1.29 is 9.84 Å². The third-order valence-corrected chi connectivity index (χ3v) is 4.51. The molecule has 0 saturated heterocycles. The summed E-state index contributed by atoms with van der Waals surface area (Å²) in [7, 11) is 0. The lowest BCUT2D eigenvalue weighted by atomic mass is 9.85. The van der Waals surface area contributed by atoms with Crippen molar-refractivity contribution in [3.8, 4) is 0 Å². The summed E-state index contributed by atoms with van der Waals surface area (Å²) in [6, 6.07) is 0.438. The first kappa shape index (κ1) is 17.0. The standard InChI is InChI=1S/C15H29NO2S/c1-12-6-4-5-7-14(12)9-18-10-15(17)8-16-13(2)11-19-3/h4-5,12-17H,6-11H2,1-3H3. The first-order valence-electron chi connectivity index (χ1n) is 7.26. The zero-order chi connectivity index (χ0) is 14.1. The van der Waals surface area contributed by atoms with E-state index in [4.69, 9.17) is 4.74 Å². The minimum atomic E-state index is -0.404. The highest BCUT2D eigenvalue weighted by atomic mass is 32.2. The smallest absolute Gasteiger partial charge is 0.0897 e. The van der Waals surface area contributed by atoms with Gasteiger partial charge in [-0.05, 0) is 37.9 Å². The van der Waals surface area contributed by atoms with Gasteiger partial charge in [0.15, 0.2) is 0 Å². The molecule has 3 nitrogen and oxygen atoms in total. The van der Waals surface area contributed by atoms with E-state index in [1.54, 1.807) is 0 Å². The Balaban J connectivity index is 2.06. The maximum absolute atomic E-state index is 9.85. The summed E-state index contributed by atoms with van der Waals surface area (Å²) in [5, 5.41) is 13.2. The van der Waals surface area contributed by atoms with Crippen LogP contribution in [0.2, 0.25) is 0 Å². The third-order valence-electron chi connectivity index (χ3n) is 3.68. The lowest BCUT2D eigenvalue weighted by Crippen LogP contribution is -2.37. The number of aliphatic hydroxyl groups is 1. The van der Waals surface area contributed by atoms with E-state index in [0.717, 1.165) is 25.2 Å². The van der Waals surface area contributed by atoms with Crippen molar-refractivity contribution in [2.45, 2.75) is 38.8 Å². The van der Waals surface area contributed by atoms with Crippen LogP contribution in [-0.2, 0) is 4.74 Å². The number of hydrogen-bond donors (Lipinski definition) is 2. The van der Waals surface area contributed by atoms with Gasteiger partial charge in [-0.2, -0.15) is 11.8 Å². The lowest BCUT2D eigenvalue weighted by molar-refractivity contribution is 0.0123. The number of ether oxygens (including phenoxy) is 1. The lowest BCUT2D eigenvalue weighted by Gasteiger charge is -2.25. The average Bonchev–Trinajstić information content (AvgIpc) is 2.39. The van der Waals surface area contributed by atoms with Crippen LogP contribution < -0.4 is 5.32 Å². The molecule has 4 atom stereocenters. The van der Waals surface area contributed by atoms with Crippen LogP contribution in [0.25, 0.3) is 0 Å². The second kappa shape index (κ2) is 9.81. The third kappa shape index (κ3) is 7.35. The van der Waals surface area contributed by atoms with Crippen molar-refractivity contribution in [3.05, 3.63) is 12.2 Å². The molecule has 0 aromatic heterocycles. The van der Waals surface area contributed by atoms with Crippen LogP contribution in [0.15, 0.2) is 12.2 Å². The van der Waals surface area contributed by atoms with Gasteiger partial charge < -0.3 is 15.2 Å². The van der Waals surface area contributed by atoms with Gasteiger partial charge in [-0.1, -0.05) is 19.1 Å². The van der Waals surface area contributed by atoms with Crippen molar-refractivity contribution in [2.24, 2.45) is 11.8 Å². The Morgan fingerprint density at radius 3 is 2.84 bits per heavy atom. The molecule has 0 spiro atoms. The monoisotopic (exact) mass is 287 g/mol. The molecule has 0 aromatic rings. The van der Waals surface area contributed by atoms with Crippen LogP contribution in [-0.4, -0.2) is 49.0 Å². The number of aliphatic hydroxyl groups excluding tert-OH is 1. The highest BCUT2D eigenvalue weighted by molar-refractivity contribution is 7.98. The Kier molecular flexibility index (Phi) is 8.79. The molecule has 1 aliphatic carbocycles. The topological polar surface area (TPSA) is 41.5 Å². The van der Waals surface area contributed by atoms with Crippen LogP contribution in [0.4, 0.5) is 0 Å². The van der Waals surface area contributed by atoms with Crippen molar-refractivity contribution >= 4 is 11.8 Å². The highest BCUT2D eigenvalue weighted by Crippen LogP contribution is 2.24. The SMILES string of the molecule is CSCC(C)NCC(O)COCC1CC=CCC1C. The molecule has 0 bridgehead atoms. The summed E-state index contributed by atoms with van der Waals surface area (Å²) >= 11 is 1.82. The van der Waals surface area contributed by atoms with Gasteiger partial charge in [0.2, 0.25) is 0 Å². The summed E-state index contributed by atoms with van der Waals surface area (Å²) in [4.78, 5) is 0. The number of allylic oxidation sites excluding steroid dienone is 2. The number of thioether (sulfide) groups is 1. The van der Waals surface area contributed by atoms with Gasteiger partial charge in [0.05, 0.1) is 19.3 Å². The second-order valence-electron chi connectivity index (χ2n) is 5.64. The molecule has 0 amide bonds. The summed E-state index contributed by atoms with van der Waals surface area (Å²) in [5.41, 5.74) is 0. The molecule has 1 aliphatic rings. The first-order valence-corrected chi connectivity index (χ1v) is 8.66. The van der Waals surface area contributed by atoms with Crippen molar-refractivity contribution in [2.75, 3.05) is 31.8 Å². The molecule has 1 rings (SSSR count). The molecule has 0 heterocycles. The Morgan fingerprint density at radius 2 is 2.16 bits per heavy atom. The van der Waals surface area contributed by atoms with E-state index in [2.05, 4.69) is 37.6 Å². The molecule has 0 radical (unpaired) electrons. The quantitative estimate of drug-likeness (QED) is 0.639. The van der Waals surface area contributed by atoms with Crippen LogP contribution >= 0.6 is 11.8 Å². The van der Waals surface area contributed by atoms with Crippen LogP contribution in [0.5, 0.6) is 0 Å². The summed E-state index contributed by atoms with van der Waals surface area (Å²) in [6.07, 6.45) is 8.46. The zero-order valence-corrected chi connectivity index (χ0v) is 13.3. The maximum atomic E-state index is 9.85. The molecule has 0 aromatic carbocycles. The van der Waals surface area contributed by atoms with Gasteiger partial charge in [-0.25, -0.2) is 0 Å². The average molecular weight is 287 g/mol. The Bertz CT molecular complexity index is 261. The zero-order valence-electron chi connectivity index (χ0n) is 12.5. The fourth-order valence-corrected chi connectivity index (χ4v) is 2.92. The predicted molar refractivity (Wildman–Crippen MR) is 83.7 cm³/mol. The van der Waals surface area contributed by atoms with Crippen molar-refractivity contribution in [1.29, 1.82) is 0 Å². The Hall–Kier alpha value is -0.0300. The van der Waals surface area contributed by atoms with E-state index < -0.39 is 6.10 Å². The molecule has 19 heavy (non-hydrogen) atoms. The largest absolute Gasteiger partial charge is 0.389 e. The normalized spacial score (nSPS) is 26.3. The van der Waals surface area contributed by atoms with E-state index in [1.165, 1.54) is 0 Å². The Morgan fingerprint density at radius 1 is 1.42 bits per heavy atom. The first-order chi connectivity index (χ1) is 9.13. The van der Waals surface area contributed by atoms with E-state index in [-0.39, 0.29) is 0 Å². The van der Waals surface area contributed by atoms with Gasteiger partial charge in [0, 0.05) is 18.3 Å². The minimum absolute atomic E-state index is 0.404. The van der Waals surface area contributed by atoms with Gasteiger partial charge in [0.1, 0.15) is 0 Å². The molecule has 4 unspecified atom stereocenters. The summed E-state index contributed by atoms with van der Waals surface area (Å²) < 4.78 is 5.67. The van der Waals surface area contributed by atoms with Crippen LogP contribution in [0.1, 0.15) is 26.7 Å². The van der Waals surface area contributed by atoms with Gasteiger partial charge in [0.25, 0.3) is 0 Å². The van der Waals surface area contributed by atoms with Gasteiger partial charge in [-0.15, -0.1) is 0 Å². The van der Waals surface area contributed by atoms with E-state index in [0.29, 0.717) is 31.0 Å². The molecule has 4 heteroatoms. The fourth-order valence-electron chi connectivity index (χ4n) is 2.30. The maximum Gasteiger partial charge on any atom is 0.0897 e. The molecule has 112 valence electrons. The van der Waals surface area contributed by atoms with Crippen molar-refractivity contribution in [3.63, 3.8) is 0 Å². The minimum Gasteiger partial charge on any atom is -0.389 e. The van der Waals surface area contributed by atoms with Gasteiger partial charge in [-0.3, -0.25) is 0 Å². The highest BCUT2D eigenvalue weighted by Gasteiger charge is 2.18. The van der Waals surface area contributed by atoms with E-state index in [9.17, 15) is 5.11 Å². The van der Waals surface area contributed by atoms with E-state index in [1.807, 2.05) is 11.8 Å². The molecular weight excluding hydrogens is 258 g/mol. The predicted octanol–water partition coefficient (Wildman–Crippen LogP) is 2.31. The molecule has 2 N–H and O–H groups in total. The fraction of sp³-hybridized carbons (Fsp3) is 0.867. The van der Waals surface area contributed by atoms with Crippen molar-refractivity contribution in [1.82, 2.24) is 5.32 Å². The summed E-state index contributed by atoms with van der Waals surface area (Å²) in [5.74, 6) is 2.38. The molecular formula is C15H29NO2S. The molecule has 0 saturated carbocycles. The number of nitrogens with one attached hydrogen (secondary N) is 1. The van der Waals surface area contributed by atoms with Crippen LogP contribution in [0, 0.1) is 11.8 Å². The second-order valence-corrected chi connectivity index (χ2v) is 6.55. The van der Waals surface area contributed by atoms with E-state index >= 15 is 0 Å². The number of rotatable bonds is 9. The Labute approximate surface area is 122 Å². The van der Waals surface area contributed by atoms with Gasteiger partial charge >= 0.3 is 0 Å².